The molecule has 0 radical (unpaired) electrons. The molecule has 4 N–H and O–H groups in total. The lowest BCUT2D eigenvalue weighted by Gasteiger charge is -2.33. The number of amides is 2. The van der Waals surface area contributed by atoms with Crippen molar-refractivity contribution in [3.05, 3.63) is 59.7 Å². The molecular formula is C25H26F3N5O3. The first-order valence-corrected chi connectivity index (χ1v) is 11.5. The third-order valence-electron chi connectivity index (χ3n) is 6.06. The highest BCUT2D eigenvalue weighted by molar-refractivity contribution is 6.03. The maximum absolute atomic E-state index is 13.9. The largest absolute Gasteiger partial charge is 0.454 e. The first kappa shape index (κ1) is 25.1. The Labute approximate surface area is 205 Å². The number of halogens is 3. The zero-order valence-electron chi connectivity index (χ0n) is 19.4. The fourth-order valence-corrected chi connectivity index (χ4v) is 4.29. The van der Waals surface area contributed by atoms with E-state index in [0.717, 1.165) is 12.1 Å². The van der Waals surface area contributed by atoms with Crippen LogP contribution in [0.3, 0.4) is 0 Å². The Morgan fingerprint density at radius 3 is 2.56 bits per heavy atom. The molecule has 2 amide bonds. The third-order valence-corrected chi connectivity index (χ3v) is 6.06. The van der Waals surface area contributed by atoms with Crippen LogP contribution in [0.4, 0.5) is 19.0 Å². The molecule has 8 nitrogen and oxygen atoms in total. The highest BCUT2D eigenvalue weighted by Crippen LogP contribution is 2.34. The quantitative estimate of drug-likeness (QED) is 0.480. The van der Waals surface area contributed by atoms with Crippen LogP contribution in [-0.4, -0.2) is 46.3 Å². The summed E-state index contributed by atoms with van der Waals surface area (Å²) < 4.78 is 46.5. The lowest BCUT2D eigenvalue weighted by Crippen LogP contribution is -2.41. The molecule has 1 saturated heterocycles. The standard InChI is InChI=1S/C25H26F3N5O3/c26-11-1-4-21(34)32-12-2-3-17(14-32)33-24(29)22(25(30)35)23(31-33)15-5-8-18(9-6-15)36-20-10-7-16(27)13-19(20)28/h5-10,13,17H,1-4,11-12,14,29H2,(H2,30,35)/t17-/m1/s1. The Bertz CT molecular complexity index is 1260. The van der Waals surface area contributed by atoms with E-state index in [9.17, 15) is 22.8 Å². The van der Waals surface area contributed by atoms with Gasteiger partial charge >= 0.3 is 0 Å². The van der Waals surface area contributed by atoms with Crippen molar-refractivity contribution < 1.29 is 27.5 Å². The first-order valence-electron chi connectivity index (χ1n) is 11.5. The third kappa shape index (κ3) is 5.29. The fourth-order valence-electron chi connectivity index (χ4n) is 4.29. The SMILES string of the molecule is NC(=O)c1c(-c2ccc(Oc3ccc(F)cc3F)cc2)nn([C@@H]2CCCN(C(=O)CCCF)C2)c1N. The first-order chi connectivity index (χ1) is 17.3. The molecule has 1 aliphatic rings. The Balaban J connectivity index is 1.58. The number of ether oxygens (including phenoxy) is 1. The lowest BCUT2D eigenvalue weighted by atomic mass is 10.0. The number of nitrogens with zero attached hydrogens (tertiary/aromatic N) is 3. The minimum Gasteiger partial charge on any atom is -0.454 e. The molecule has 0 saturated carbocycles. The molecule has 11 heteroatoms. The van der Waals surface area contributed by atoms with Gasteiger partial charge in [-0.15, -0.1) is 0 Å². The number of likely N-dealkylation sites (tertiary alicyclic amines) is 1. The number of anilines is 1. The number of benzene rings is 2. The van der Waals surface area contributed by atoms with Crippen molar-refractivity contribution in [3.8, 4) is 22.8 Å². The van der Waals surface area contributed by atoms with E-state index in [2.05, 4.69) is 5.10 Å². The van der Waals surface area contributed by atoms with Gasteiger partial charge in [0.1, 0.15) is 28.6 Å². The van der Waals surface area contributed by atoms with Crippen molar-refractivity contribution in [1.82, 2.24) is 14.7 Å². The number of primary amides is 1. The molecule has 0 aliphatic carbocycles. The minimum absolute atomic E-state index is 0.0501. The topological polar surface area (TPSA) is 116 Å². The Morgan fingerprint density at radius 2 is 1.89 bits per heavy atom. The lowest BCUT2D eigenvalue weighted by molar-refractivity contribution is -0.133. The van der Waals surface area contributed by atoms with Crippen LogP contribution in [0.2, 0.25) is 0 Å². The predicted octanol–water partition coefficient (Wildman–Crippen LogP) is 4.21. The summed E-state index contributed by atoms with van der Waals surface area (Å²) in [4.78, 5) is 26.3. The number of piperidine rings is 1. The second-order valence-corrected chi connectivity index (χ2v) is 8.55. The van der Waals surface area contributed by atoms with E-state index >= 15 is 0 Å². The molecule has 1 aromatic heterocycles. The number of carbonyl (C=O) groups is 2. The summed E-state index contributed by atoms with van der Waals surface area (Å²) in [6.07, 6.45) is 1.70. The molecule has 1 atom stereocenters. The van der Waals surface area contributed by atoms with Crippen molar-refractivity contribution in [2.75, 3.05) is 25.5 Å². The molecule has 1 fully saturated rings. The molecule has 0 bridgehead atoms. The Hall–Kier alpha value is -4.02. The van der Waals surface area contributed by atoms with Crippen LogP contribution in [0, 0.1) is 11.6 Å². The number of hydrogen-bond donors (Lipinski definition) is 2. The van der Waals surface area contributed by atoms with Crippen LogP contribution in [-0.2, 0) is 4.79 Å². The molecule has 4 rings (SSSR count). The normalized spacial score (nSPS) is 15.6. The van der Waals surface area contributed by atoms with Crippen molar-refractivity contribution in [2.45, 2.75) is 31.7 Å². The average molecular weight is 502 g/mol. The summed E-state index contributed by atoms with van der Waals surface area (Å²) in [5, 5.41) is 4.57. The molecule has 0 spiro atoms. The van der Waals surface area contributed by atoms with Crippen LogP contribution >= 0.6 is 0 Å². The van der Waals surface area contributed by atoms with Crippen LogP contribution in [0.5, 0.6) is 11.5 Å². The van der Waals surface area contributed by atoms with Gasteiger partial charge in [0, 0.05) is 31.1 Å². The molecule has 2 heterocycles. The van der Waals surface area contributed by atoms with Crippen molar-refractivity contribution >= 4 is 17.6 Å². The molecule has 190 valence electrons. The number of nitrogens with two attached hydrogens (primary N) is 2. The van der Waals surface area contributed by atoms with Gasteiger partial charge in [-0.3, -0.25) is 14.0 Å². The van der Waals surface area contributed by atoms with Crippen LogP contribution in [0.1, 0.15) is 42.1 Å². The van der Waals surface area contributed by atoms with Gasteiger partial charge in [-0.2, -0.15) is 5.10 Å². The van der Waals surface area contributed by atoms with Gasteiger partial charge < -0.3 is 21.1 Å². The summed E-state index contributed by atoms with van der Waals surface area (Å²) in [5.74, 6) is -2.21. The zero-order valence-corrected chi connectivity index (χ0v) is 19.4. The maximum Gasteiger partial charge on any atom is 0.254 e. The molecule has 2 aromatic carbocycles. The molecule has 0 unspecified atom stereocenters. The van der Waals surface area contributed by atoms with Crippen LogP contribution in [0.15, 0.2) is 42.5 Å². The number of hydrogen-bond acceptors (Lipinski definition) is 5. The Morgan fingerprint density at radius 1 is 1.14 bits per heavy atom. The second kappa shape index (κ2) is 10.7. The number of aromatic nitrogens is 2. The van der Waals surface area contributed by atoms with Crippen molar-refractivity contribution in [3.63, 3.8) is 0 Å². The predicted molar refractivity (Wildman–Crippen MR) is 127 cm³/mol. The van der Waals surface area contributed by atoms with E-state index in [-0.39, 0.29) is 53.4 Å². The van der Waals surface area contributed by atoms with E-state index in [1.807, 2.05) is 0 Å². The monoisotopic (exact) mass is 501 g/mol. The van der Waals surface area contributed by atoms with Gasteiger partial charge in [-0.25, -0.2) is 13.5 Å². The number of carbonyl (C=O) groups excluding carboxylic acids is 2. The maximum atomic E-state index is 13.9. The highest BCUT2D eigenvalue weighted by atomic mass is 19.1. The van der Waals surface area contributed by atoms with E-state index in [1.165, 1.54) is 10.7 Å². The van der Waals surface area contributed by atoms with Crippen molar-refractivity contribution in [2.24, 2.45) is 5.73 Å². The molecule has 1 aliphatic heterocycles. The molecule has 36 heavy (non-hydrogen) atoms. The smallest absolute Gasteiger partial charge is 0.254 e. The summed E-state index contributed by atoms with van der Waals surface area (Å²) in [6.45, 7) is 0.349. The Kier molecular flexibility index (Phi) is 7.47. The number of nitrogen functional groups attached to an aromatic ring is 1. The summed E-state index contributed by atoms with van der Waals surface area (Å²) >= 11 is 0. The van der Waals surface area contributed by atoms with Crippen molar-refractivity contribution in [1.29, 1.82) is 0 Å². The van der Waals surface area contributed by atoms with E-state index in [0.29, 0.717) is 31.5 Å². The summed E-state index contributed by atoms with van der Waals surface area (Å²) in [5.41, 5.74) is 12.7. The van der Waals surface area contributed by atoms with Crippen LogP contribution < -0.4 is 16.2 Å². The summed E-state index contributed by atoms with van der Waals surface area (Å²) in [6, 6.07) is 9.03. The van der Waals surface area contributed by atoms with E-state index in [1.54, 1.807) is 29.2 Å². The van der Waals surface area contributed by atoms with Gasteiger partial charge in [-0.1, -0.05) is 0 Å². The molecule has 3 aromatic rings. The average Bonchev–Trinajstić information content (AvgIpc) is 3.22. The van der Waals surface area contributed by atoms with Gasteiger partial charge in [0.05, 0.1) is 12.7 Å². The van der Waals surface area contributed by atoms with Gasteiger partial charge in [0.2, 0.25) is 5.91 Å². The highest BCUT2D eigenvalue weighted by Gasteiger charge is 2.30. The minimum atomic E-state index is -0.841. The fraction of sp³-hybridized carbons (Fsp3) is 0.320. The van der Waals surface area contributed by atoms with Crippen LogP contribution in [0.25, 0.3) is 11.3 Å². The number of alkyl halides is 1. The van der Waals surface area contributed by atoms with Gasteiger partial charge in [0.15, 0.2) is 11.6 Å². The van der Waals surface area contributed by atoms with Gasteiger partial charge in [-0.05, 0) is 55.7 Å². The zero-order chi connectivity index (χ0) is 25.8. The van der Waals surface area contributed by atoms with E-state index in [4.69, 9.17) is 16.2 Å². The van der Waals surface area contributed by atoms with E-state index < -0.39 is 24.2 Å². The summed E-state index contributed by atoms with van der Waals surface area (Å²) in [7, 11) is 0. The second-order valence-electron chi connectivity index (χ2n) is 8.55. The van der Waals surface area contributed by atoms with Gasteiger partial charge in [0.25, 0.3) is 5.91 Å². The number of rotatable bonds is 8. The molecular weight excluding hydrogens is 475 g/mol.